The molecule has 3 atom stereocenters. The van der Waals surface area contributed by atoms with Crippen LogP contribution in [-0.2, 0) is 16.0 Å². The Morgan fingerprint density at radius 3 is 2.56 bits per heavy atom. The molecule has 1 fully saturated rings. The number of carbonyl (C=O) groups is 1. The molecule has 194 valence electrons. The summed E-state index contributed by atoms with van der Waals surface area (Å²) in [6, 6.07) is 5.63. The molecular weight excluding hydrogens is 432 g/mol. The number of ether oxygens (including phenoxy) is 3. The quantitative estimate of drug-likeness (QED) is 0.313. The van der Waals surface area contributed by atoms with Crippen molar-refractivity contribution in [1.82, 2.24) is 5.32 Å². The Labute approximate surface area is 205 Å². The van der Waals surface area contributed by atoms with Gasteiger partial charge in [-0.3, -0.25) is 4.79 Å². The summed E-state index contributed by atoms with van der Waals surface area (Å²) in [5.74, 6) is 2.64. The number of hydrogen-bond donors (Lipinski definition) is 3. The Balaban J connectivity index is 1.88. The maximum absolute atomic E-state index is 12.2. The maximum atomic E-state index is 12.2. The first kappa shape index (κ1) is 28.4. The summed E-state index contributed by atoms with van der Waals surface area (Å²) < 4.78 is 16.5. The molecule has 7 heteroatoms. The van der Waals surface area contributed by atoms with Crippen molar-refractivity contribution in [3.63, 3.8) is 0 Å². The number of hydrogen-bond acceptors (Lipinski definition) is 6. The van der Waals surface area contributed by atoms with Gasteiger partial charge in [0.15, 0.2) is 11.5 Å². The summed E-state index contributed by atoms with van der Waals surface area (Å²) in [6.07, 6.45) is 6.82. The number of methoxy groups -OCH3 is 2. The van der Waals surface area contributed by atoms with Crippen molar-refractivity contribution < 1.29 is 24.1 Å². The molecular formula is C27H46N2O5. The molecule has 0 saturated heterocycles. The molecule has 7 nitrogen and oxygen atoms in total. The average molecular weight is 479 g/mol. The van der Waals surface area contributed by atoms with E-state index in [-0.39, 0.29) is 18.4 Å². The van der Waals surface area contributed by atoms with Crippen LogP contribution in [0.2, 0.25) is 0 Å². The molecule has 1 amide bonds. The van der Waals surface area contributed by atoms with Gasteiger partial charge in [-0.1, -0.05) is 32.8 Å². The Hall–Kier alpha value is -1.83. The molecule has 1 saturated carbocycles. The lowest BCUT2D eigenvalue weighted by atomic mass is 9.83. The molecule has 1 aromatic carbocycles. The lowest BCUT2D eigenvalue weighted by molar-refractivity contribution is -0.122. The summed E-state index contributed by atoms with van der Waals surface area (Å²) in [6.45, 7) is 5.78. The van der Waals surface area contributed by atoms with Gasteiger partial charge in [0.25, 0.3) is 0 Å². The Morgan fingerprint density at radius 2 is 1.91 bits per heavy atom. The van der Waals surface area contributed by atoms with Crippen LogP contribution in [0, 0.1) is 17.8 Å². The van der Waals surface area contributed by atoms with Crippen LogP contribution >= 0.6 is 0 Å². The van der Waals surface area contributed by atoms with Crippen LogP contribution in [0.3, 0.4) is 0 Å². The van der Waals surface area contributed by atoms with Crippen LogP contribution in [0.5, 0.6) is 11.5 Å². The molecule has 1 aliphatic carbocycles. The molecule has 4 N–H and O–H groups in total. The zero-order valence-corrected chi connectivity index (χ0v) is 21.6. The predicted octanol–water partition coefficient (Wildman–Crippen LogP) is 3.70. The van der Waals surface area contributed by atoms with Gasteiger partial charge in [-0.25, -0.2) is 0 Å². The normalized spacial score (nSPS) is 16.9. The molecule has 0 aromatic heterocycles. The summed E-state index contributed by atoms with van der Waals surface area (Å²) in [4.78, 5) is 12.2. The monoisotopic (exact) mass is 478 g/mol. The second-order valence-electron chi connectivity index (χ2n) is 10.0. The molecule has 1 aromatic rings. The fourth-order valence-corrected chi connectivity index (χ4v) is 4.67. The lowest BCUT2D eigenvalue weighted by Gasteiger charge is -2.27. The highest BCUT2D eigenvalue weighted by Crippen LogP contribution is 2.31. The van der Waals surface area contributed by atoms with E-state index in [2.05, 4.69) is 25.2 Å². The molecule has 0 radical (unpaired) electrons. The van der Waals surface area contributed by atoms with E-state index in [0.29, 0.717) is 43.6 Å². The van der Waals surface area contributed by atoms with Gasteiger partial charge in [-0.2, -0.15) is 0 Å². The first-order valence-electron chi connectivity index (χ1n) is 12.8. The molecule has 0 heterocycles. The highest BCUT2D eigenvalue weighted by Gasteiger charge is 2.24. The van der Waals surface area contributed by atoms with Crippen molar-refractivity contribution in [2.45, 2.75) is 77.4 Å². The fourth-order valence-electron chi connectivity index (χ4n) is 4.67. The standard InChI is InChI=1S/C27H46N2O5/c1-19(2)22(14-21-10-11-25(33-4)26(15-21)34-13-7-12-32-3)17-23(28)24(30)18-29-27(31)16-20-8-5-6-9-20/h10-11,15,19-20,22-24,30H,5-9,12-14,16-18,28H2,1-4H3,(H,29,31)/t22-,23-,24-/m0/s1. The number of benzene rings is 1. The Bertz CT molecular complexity index is 721. The van der Waals surface area contributed by atoms with Crippen molar-refractivity contribution >= 4 is 5.91 Å². The van der Waals surface area contributed by atoms with E-state index in [9.17, 15) is 9.90 Å². The molecule has 0 unspecified atom stereocenters. The van der Waals surface area contributed by atoms with Gasteiger partial charge >= 0.3 is 0 Å². The highest BCUT2D eigenvalue weighted by atomic mass is 16.5. The number of carbonyl (C=O) groups excluding carboxylic acids is 1. The third kappa shape index (κ3) is 9.80. The zero-order valence-electron chi connectivity index (χ0n) is 21.6. The molecule has 0 bridgehead atoms. The van der Waals surface area contributed by atoms with E-state index < -0.39 is 12.1 Å². The Kier molecular flexibility index (Phi) is 12.7. The highest BCUT2D eigenvalue weighted by molar-refractivity contribution is 5.76. The molecule has 2 rings (SSSR count). The number of aliphatic hydroxyl groups excluding tert-OH is 1. The third-order valence-corrected chi connectivity index (χ3v) is 6.95. The summed E-state index contributed by atoms with van der Waals surface area (Å²) in [7, 11) is 3.32. The van der Waals surface area contributed by atoms with E-state index in [1.54, 1.807) is 14.2 Å². The zero-order chi connectivity index (χ0) is 24.9. The van der Waals surface area contributed by atoms with Crippen molar-refractivity contribution in [3.8, 4) is 11.5 Å². The fraction of sp³-hybridized carbons (Fsp3) is 0.741. The first-order valence-corrected chi connectivity index (χ1v) is 12.8. The minimum atomic E-state index is -0.760. The van der Waals surface area contributed by atoms with Gasteiger partial charge in [0.1, 0.15) is 0 Å². The minimum absolute atomic E-state index is 0.0230. The second kappa shape index (κ2) is 15.2. The number of aliphatic hydroxyl groups is 1. The van der Waals surface area contributed by atoms with Gasteiger partial charge in [0.2, 0.25) is 5.91 Å². The van der Waals surface area contributed by atoms with Crippen molar-refractivity contribution in [3.05, 3.63) is 23.8 Å². The van der Waals surface area contributed by atoms with E-state index in [1.807, 2.05) is 12.1 Å². The van der Waals surface area contributed by atoms with Crippen LogP contribution in [0.15, 0.2) is 18.2 Å². The lowest BCUT2D eigenvalue weighted by Crippen LogP contribution is -2.45. The average Bonchev–Trinajstić information content (AvgIpc) is 3.32. The number of rotatable bonds is 16. The predicted molar refractivity (Wildman–Crippen MR) is 135 cm³/mol. The SMILES string of the molecule is COCCCOc1cc(C[C@@H](C[C@H](N)[C@@H](O)CNC(=O)CC2CCCC2)C(C)C)ccc1OC. The molecule has 0 aliphatic heterocycles. The number of nitrogens with two attached hydrogens (primary N) is 1. The molecule has 0 spiro atoms. The van der Waals surface area contributed by atoms with Gasteiger partial charge < -0.3 is 30.4 Å². The van der Waals surface area contributed by atoms with E-state index in [1.165, 1.54) is 12.8 Å². The van der Waals surface area contributed by atoms with Crippen molar-refractivity contribution in [1.29, 1.82) is 0 Å². The molecule has 34 heavy (non-hydrogen) atoms. The van der Waals surface area contributed by atoms with E-state index in [4.69, 9.17) is 19.9 Å². The van der Waals surface area contributed by atoms with Crippen LogP contribution in [0.4, 0.5) is 0 Å². The van der Waals surface area contributed by atoms with Crippen molar-refractivity contribution in [2.75, 3.05) is 34.0 Å². The van der Waals surface area contributed by atoms with Crippen molar-refractivity contribution in [2.24, 2.45) is 23.5 Å². The van der Waals surface area contributed by atoms with Crippen LogP contribution < -0.4 is 20.5 Å². The van der Waals surface area contributed by atoms with E-state index >= 15 is 0 Å². The third-order valence-electron chi connectivity index (χ3n) is 6.95. The number of nitrogens with one attached hydrogen (secondary N) is 1. The largest absolute Gasteiger partial charge is 0.493 e. The summed E-state index contributed by atoms with van der Waals surface area (Å²) >= 11 is 0. The van der Waals surface area contributed by atoms with Gasteiger partial charge in [-0.15, -0.1) is 0 Å². The second-order valence-corrected chi connectivity index (χ2v) is 10.0. The first-order chi connectivity index (χ1) is 16.3. The van der Waals surface area contributed by atoms with Crippen LogP contribution in [0.1, 0.15) is 64.4 Å². The smallest absolute Gasteiger partial charge is 0.220 e. The summed E-state index contributed by atoms with van der Waals surface area (Å²) in [5.41, 5.74) is 7.52. The van der Waals surface area contributed by atoms with Gasteiger partial charge in [0, 0.05) is 39.1 Å². The van der Waals surface area contributed by atoms with Crippen LogP contribution in [0.25, 0.3) is 0 Å². The summed E-state index contributed by atoms with van der Waals surface area (Å²) in [5, 5.41) is 13.5. The Morgan fingerprint density at radius 1 is 1.18 bits per heavy atom. The topological polar surface area (TPSA) is 103 Å². The minimum Gasteiger partial charge on any atom is -0.493 e. The van der Waals surface area contributed by atoms with Gasteiger partial charge in [0.05, 0.1) is 19.8 Å². The van der Waals surface area contributed by atoms with Crippen LogP contribution in [-0.4, -0.2) is 57.1 Å². The van der Waals surface area contributed by atoms with E-state index in [0.717, 1.165) is 37.0 Å². The van der Waals surface area contributed by atoms with Gasteiger partial charge in [-0.05, 0) is 61.1 Å². The molecule has 1 aliphatic rings. The number of amides is 1. The maximum Gasteiger partial charge on any atom is 0.220 e.